The van der Waals surface area contributed by atoms with E-state index in [9.17, 15) is 18.0 Å². The van der Waals surface area contributed by atoms with Crippen LogP contribution in [-0.4, -0.2) is 40.1 Å². The fourth-order valence-electron chi connectivity index (χ4n) is 2.81. The summed E-state index contributed by atoms with van der Waals surface area (Å²) in [6, 6.07) is 8.13. The number of anilines is 1. The lowest BCUT2D eigenvalue weighted by Crippen LogP contribution is -2.33. The third-order valence-corrected chi connectivity index (χ3v) is 7.22. The maximum absolute atomic E-state index is 13.5. The van der Waals surface area contributed by atoms with Crippen molar-refractivity contribution in [2.45, 2.75) is 45.4 Å². The lowest BCUT2D eigenvalue weighted by molar-refractivity contribution is -0.143. The minimum atomic E-state index is -3.95. The van der Waals surface area contributed by atoms with Crippen molar-refractivity contribution < 1.29 is 27.5 Å². The Balaban J connectivity index is 2.45. The summed E-state index contributed by atoms with van der Waals surface area (Å²) >= 11 is 1.20. The van der Waals surface area contributed by atoms with Crippen LogP contribution in [0.1, 0.15) is 47.5 Å². The highest BCUT2D eigenvalue weighted by atomic mass is 32.2. The van der Waals surface area contributed by atoms with Gasteiger partial charge in [0, 0.05) is 17.8 Å². The van der Waals surface area contributed by atoms with E-state index in [0.717, 1.165) is 10.4 Å². The first-order valence-electron chi connectivity index (χ1n) is 9.73. The van der Waals surface area contributed by atoms with Gasteiger partial charge in [-0.25, -0.2) is 13.2 Å². The molecule has 0 aliphatic rings. The van der Waals surface area contributed by atoms with Gasteiger partial charge in [-0.2, -0.15) is 0 Å². The van der Waals surface area contributed by atoms with E-state index in [0.29, 0.717) is 0 Å². The molecule has 0 saturated heterocycles. The summed E-state index contributed by atoms with van der Waals surface area (Å²) in [4.78, 5) is 25.1. The molecule has 0 bridgehead atoms. The topological polar surface area (TPSA) is 90.0 Å². The number of carbonyl (C=O) groups excluding carboxylic acids is 2. The van der Waals surface area contributed by atoms with Crippen LogP contribution in [0.25, 0.3) is 0 Å². The lowest BCUT2D eigenvalue weighted by Gasteiger charge is -2.24. The molecule has 0 fully saturated rings. The molecule has 30 heavy (non-hydrogen) atoms. The van der Waals surface area contributed by atoms with Crippen molar-refractivity contribution in [1.82, 2.24) is 0 Å². The molecule has 1 aromatic heterocycles. The Bertz CT molecular complexity index is 979. The molecule has 0 N–H and O–H groups in total. The van der Waals surface area contributed by atoms with E-state index in [1.807, 2.05) is 6.92 Å². The number of sulfonamides is 1. The van der Waals surface area contributed by atoms with Crippen molar-refractivity contribution in [3.8, 4) is 0 Å². The number of hydrogen-bond acceptors (Lipinski definition) is 7. The van der Waals surface area contributed by atoms with E-state index in [1.54, 1.807) is 39.0 Å². The normalized spacial score (nSPS) is 11.2. The smallest absolute Gasteiger partial charge is 0.341 e. The van der Waals surface area contributed by atoms with E-state index in [2.05, 4.69) is 0 Å². The maximum atomic E-state index is 13.5. The standard InChI is InChI=1S/C21H27NO6S2/c1-5-27-19(23)8-7-13-22(30(25,26)17-11-9-15(3)10-12-17)20-18(14-16(4)29-20)21(24)28-6-2/h9-12,14H,5-8,13H2,1-4H3. The van der Waals surface area contributed by atoms with Crippen LogP contribution >= 0.6 is 11.3 Å². The molecule has 0 saturated carbocycles. The Hall–Kier alpha value is -2.39. The molecule has 0 aliphatic carbocycles. The Kier molecular flexibility index (Phi) is 8.43. The summed E-state index contributed by atoms with van der Waals surface area (Å²) in [7, 11) is -3.95. The number of aryl methyl sites for hydroxylation is 2. The number of carbonyl (C=O) groups is 2. The molecule has 0 spiro atoms. The first kappa shape index (κ1) is 23.9. The Morgan fingerprint density at radius 2 is 1.67 bits per heavy atom. The summed E-state index contributed by atoms with van der Waals surface area (Å²) in [6.07, 6.45) is 0.329. The van der Waals surface area contributed by atoms with Crippen LogP contribution in [0.15, 0.2) is 35.2 Å². The fourth-order valence-corrected chi connectivity index (χ4v) is 5.56. The molecule has 9 heteroatoms. The van der Waals surface area contributed by atoms with Gasteiger partial charge in [-0.1, -0.05) is 17.7 Å². The first-order valence-corrected chi connectivity index (χ1v) is 12.0. The number of benzene rings is 1. The zero-order valence-electron chi connectivity index (χ0n) is 17.6. The third kappa shape index (κ3) is 5.82. The van der Waals surface area contributed by atoms with Gasteiger partial charge < -0.3 is 9.47 Å². The van der Waals surface area contributed by atoms with Gasteiger partial charge in [0.25, 0.3) is 10.0 Å². The monoisotopic (exact) mass is 453 g/mol. The molecule has 0 atom stereocenters. The van der Waals surface area contributed by atoms with Crippen molar-refractivity contribution in [3.63, 3.8) is 0 Å². The summed E-state index contributed by atoms with van der Waals surface area (Å²) < 4.78 is 38.1. The zero-order chi connectivity index (χ0) is 22.3. The highest BCUT2D eigenvalue weighted by molar-refractivity contribution is 7.93. The van der Waals surface area contributed by atoms with Crippen LogP contribution < -0.4 is 4.31 Å². The van der Waals surface area contributed by atoms with Gasteiger partial charge >= 0.3 is 11.9 Å². The average molecular weight is 454 g/mol. The van der Waals surface area contributed by atoms with Gasteiger partial charge in [0.05, 0.1) is 23.7 Å². The minimum absolute atomic E-state index is 0.0291. The SMILES string of the molecule is CCOC(=O)CCCN(c1sc(C)cc1C(=O)OCC)S(=O)(=O)c1ccc(C)cc1. The Labute approximate surface area is 181 Å². The van der Waals surface area contributed by atoms with Gasteiger partial charge in [0.15, 0.2) is 0 Å². The molecular weight excluding hydrogens is 426 g/mol. The summed E-state index contributed by atoms with van der Waals surface area (Å²) in [6.45, 7) is 7.55. The number of thiophene rings is 1. The van der Waals surface area contributed by atoms with E-state index < -0.39 is 22.0 Å². The molecule has 0 unspecified atom stereocenters. The van der Waals surface area contributed by atoms with Crippen molar-refractivity contribution in [1.29, 1.82) is 0 Å². The molecule has 7 nitrogen and oxygen atoms in total. The van der Waals surface area contributed by atoms with Crippen LogP contribution in [0.4, 0.5) is 5.00 Å². The van der Waals surface area contributed by atoms with Crippen molar-refractivity contribution in [2.24, 2.45) is 0 Å². The van der Waals surface area contributed by atoms with Crippen LogP contribution in [0, 0.1) is 13.8 Å². The van der Waals surface area contributed by atoms with Crippen LogP contribution in [0.3, 0.4) is 0 Å². The summed E-state index contributed by atoms with van der Waals surface area (Å²) in [5.41, 5.74) is 1.13. The molecule has 2 rings (SSSR count). The van der Waals surface area contributed by atoms with Crippen LogP contribution in [0.2, 0.25) is 0 Å². The second-order valence-electron chi connectivity index (χ2n) is 6.60. The van der Waals surface area contributed by atoms with Gasteiger partial charge in [-0.15, -0.1) is 11.3 Å². The molecule has 0 radical (unpaired) electrons. The van der Waals surface area contributed by atoms with Gasteiger partial charge in [0.1, 0.15) is 5.00 Å². The number of esters is 2. The maximum Gasteiger partial charge on any atom is 0.341 e. The number of hydrogen-bond donors (Lipinski definition) is 0. The fraction of sp³-hybridized carbons (Fsp3) is 0.429. The van der Waals surface area contributed by atoms with E-state index in [-0.39, 0.29) is 48.1 Å². The molecule has 1 aromatic carbocycles. The van der Waals surface area contributed by atoms with Gasteiger partial charge in [0.2, 0.25) is 0 Å². The summed E-state index contributed by atoms with van der Waals surface area (Å²) in [5.74, 6) is -0.968. The summed E-state index contributed by atoms with van der Waals surface area (Å²) in [5, 5.41) is 0.287. The molecule has 1 heterocycles. The predicted molar refractivity (Wildman–Crippen MR) is 117 cm³/mol. The van der Waals surface area contributed by atoms with Crippen LogP contribution in [0.5, 0.6) is 0 Å². The number of ether oxygens (including phenoxy) is 2. The Morgan fingerprint density at radius 3 is 2.27 bits per heavy atom. The molecule has 164 valence electrons. The third-order valence-electron chi connectivity index (χ3n) is 4.21. The largest absolute Gasteiger partial charge is 0.466 e. The quantitative estimate of drug-likeness (QED) is 0.504. The second kappa shape index (κ2) is 10.6. The van der Waals surface area contributed by atoms with Gasteiger partial charge in [-0.3, -0.25) is 9.10 Å². The average Bonchev–Trinajstić information content (AvgIpc) is 3.07. The molecule has 2 aromatic rings. The van der Waals surface area contributed by atoms with Crippen molar-refractivity contribution in [2.75, 3.05) is 24.1 Å². The van der Waals surface area contributed by atoms with Crippen molar-refractivity contribution >= 4 is 38.3 Å². The van der Waals surface area contributed by atoms with E-state index in [4.69, 9.17) is 9.47 Å². The molecular formula is C21H27NO6S2. The zero-order valence-corrected chi connectivity index (χ0v) is 19.3. The highest BCUT2D eigenvalue weighted by Crippen LogP contribution is 2.36. The highest BCUT2D eigenvalue weighted by Gasteiger charge is 2.30. The van der Waals surface area contributed by atoms with Gasteiger partial charge in [-0.05, 0) is 52.3 Å². The number of rotatable bonds is 10. The second-order valence-corrected chi connectivity index (χ2v) is 9.69. The van der Waals surface area contributed by atoms with E-state index in [1.165, 1.54) is 27.8 Å². The lowest BCUT2D eigenvalue weighted by atomic mass is 10.2. The van der Waals surface area contributed by atoms with E-state index >= 15 is 0 Å². The predicted octanol–water partition coefficient (Wildman–Crippen LogP) is 4.08. The molecule has 0 amide bonds. The first-order chi connectivity index (χ1) is 14.2. The van der Waals surface area contributed by atoms with Crippen LogP contribution in [-0.2, 0) is 24.3 Å². The Morgan fingerprint density at radius 1 is 1.03 bits per heavy atom. The van der Waals surface area contributed by atoms with Crippen molar-refractivity contribution in [3.05, 3.63) is 46.3 Å². The number of nitrogens with zero attached hydrogens (tertiary/aromatic N) is 1. The molecule has 0 aliphatic heterocycles. The minimum Gasteiger partial charge on any atom is -0.466 e.